The lowest BCUT2D eigenvalue weighted by Gasteiger charge is -2.11. The van der Waals surface area contributed by atoms with Crippen LogP contribution in [0.4, 0.5) is 17.5 Å². The van der Waals surface area contributed by atoms with Gasteiger partial charge in [-0.3, -0.25) is 4.98 Å². The number of nitrogens with zero attached hydrogens (tertiary/aromatic N) is 3. The molecule has 2 aromatic heterocycles. The maximum absolute atomic E-state index is 4.55. The van der Waals surface area contributed by atoms with Gasteiger partial charge in [-0.15, -0.1) is 0 Å². The van der Waals surface area contributed by atoms with Crippen molar-refractivity contribution in [1.82, 2.24) is 15.0 Å². The minimum Gasteiger partial charge on any atom is -0.354 e. The fourth-order valence-corrected chi connectivity index (χ4v) is 2.63. The lowest BCUT2D eigenvalue weighted by atomic mass is 10.2. The molecule has 0 unspecified atom stereocenters. The van der Waals surface area contributed by atoms with Crippen molar-refractivity contribution in [1.29, 1.82) is 0 Å². The predicted octanol–water partition coefficient (Wildman–Crippen LogP) is 4.32. The number of pyridine rings is 1. The molecule has 0 aliphatic carbocycles. The Balaban J connectivity index is 1.99. The molecule has 0 aliphatic heterocycles. The fourth-order valence-electron chi connectivity index (χ4n) is 2.11. The van der Waals surface area contributed by atoms with Gasteiger partial charge >= 0.3 is 0 Å². The van der Waals surface area contributed by atoms with Crippen molar-refractivity contribution in [3.63, 3.8) is 0 Å². The van der Waals surface area contributed by atoms with Crippen LogP contribution in [0.5, 0.6) is 0 Å². The van der Waals surface area contributed by atoms with Crippen LogP contribution in [0.3, 0.4) is 0 Å². The molecule has 5 nitrogen and oxygen atoms in total. The summed E-state index contributed by atoms with van der Waals surface area (Å²) in [6, 6.07) is 13.9. The molecule has 0 saturated heterocycles. The normalized spacial score (nSPS) is 10.3. The van der Waals surface area contributed by atoms with E-state index < -0.39 is 0 Å². The predicted molar refractivity (Wildman–Crippen MR) is 102 cm³/mol. The first kappa shape index (κ1) is 15.7. The van der Waals surface area contributed by atoms with Crippen LogP contribution in [-0.4, -0.2) is 21.5 Å². The van der Waals surface area contributed by atoms with E-state index in [1.165, 1.54) is 0 Å². The zero-order valence-electron chi connectivity index (χ0n) is 12.6. The third-order valence-electron chi connectivity index (χ3n) is 3.15. The smallest absolute Gasteiger partial charge is 0.225 e. The van der Waals surface area contributed by atoms with E-state index in [9.17, 15) is 0 Å². The summed E-state index contributed by atoms with van der Waals surface area (Å²) in [6.07, 6.45) is 3.55. The Morgan fingerprint density at radius 2 is 1.96 bits per heavy atom. The number of halogens is 1. The monoisotopic (exact) mass is 417 g/mol. The first-order valence-electron chi connectivity index (χ1n) is 7.31. The molecule has 0 amide bonds. The zero-order chi connectivity index (χ0) is 16.1. The highest BCUT2D eigenvalue weighted by Gasteiger charge is 2.08. The van der Waals surface area contributed by atoms with Gasteiger partial charge in [-0.2, -0.15) is 4.98 Å². The van der Waals surface area contributed by atoms with Crippen molar-refractivity contribution >= 4 is 40.0 Å². The molecule has 0 fully saturated rings. The molecule has 0 atom stereocenters. The summed E-state index contributed by atoms with van der Waals surface area (Å²) in [5.41, 5.74) is 2.81. The maximum Gasteiger partial charge on any atom is 0.225 e. The molecule has 2 heterocycles. The second-order valence-corrected chi connectivity index (χ2v) is 6.00. The highest BCUT2D eigenvalue weighted by molar-refractivity contribution is 14.1. The molecule has 1 aromatic carbocycles. The lowest BCUT2D eigenvalue weighted by Crippen LogP contribution is -2.05. The molecule has 0 radical (unpaired) electrons. The third kappa shape index (κ3) is 3.95. The van der Waals surface area contributed by atoms with Crippen LogP contribution < -0.4 is 10.6 Å². The van der Waals surface area contributed by atoms with Crippen molar-refractivity contribution in [2.75, 3.05) is 17.2 Å². The summed E-state index contributed by atoms with van der Waals surface area (Å²) < 4.78 is 1.14. The molecule has 0 bridgehead atoms. The minimum atomic E-state index is 0.599. The number of aromatic nitrogens is 3. The standard InChI is InChI=1S/C17H16IN5/c1-2-20-17-22-15(12-6-5-9-19-11-12)10-16(23-17)21-14-8-4-3-7-13(14)18/h3-11H,2H2,1H3,(H2,20,21,22,23). The van der Waals surface area contributed by atoms with E-state index in [1.807, 2.05) is 43.3 Å². The van der Waals surface area contributed by atoms with Crippen LogP contribution in [0, 0.1) is 3.57 Å². The molecular formula is C17H16IN5. The number of rotatable bonds is 5. The number of hydrogen-bond donors (Lipinski definition) is 2. The number of benzene rings is 1. The number of anilines is 3. The van der Waals surface area contributed by atoms with E-state index in [1.54, 1.807) is 12.4 Å². The van der Waals surface area contributed by atoms with Crippen molar-refractivity contribution < 1.29 is 0 Å². The Bertz CT molecular complexity index is 792. The van der Waals surface area contributed by atoms with E-state index in [0.29, 0.717) is 5.95 Å². The Morgan fingerprint density at radius 1 is 1.09 bits per heavy atom. The van der Waals surface area contributed by atoms with Crippen LogP contribution in [0.1, 0.15) is 6.92 Å². The highest BCUT2D eigenvalue weighted by atomic mass is 127. The minimum absolute atomic E-state index is 0.599. The van der Waals surface area contributed by atoms with E-state index in [2.05, 4.69) is 54.2 Å². The largest absolute Gasteiger partial charge is 0.354 e. The second-order valence-electron chi connectivity index (χ2n) is 4.84. The van der Waals surface area contributed by atoms with Crippen LogP contribution in [0.2, 0.25) is 0 Å². The number of hydrogen-bond acceptors (Lipinski definition) is 5. The molecule has 2 N–H and O–H groups in total. The van der Waals surface area contributed by atoms with Gasteiger partial charge in [0.2, 0.25) is 5.95 Å². The molecule has 6 heteroatoms. The van der Waals surface area contributed by atoms with E-state index >= 15 is 0 Å². The van der Waals surface area contributed by atoms with Gasteiger partial charge in [-0.1, -0.05) is 12.1 Å². The zero-order valence-corrected chi connectivity index (χ0v) is 14.8. The van der Waals surface area contributed by atoms with Gasteiger partial charge in [0.25, 0.3) is 0 Å². The van der Waals surface area contributed by atoms with Crippen molar-refractivity contribution in [2.24, 2.45) is 0 Å². The first-order chi connectivity index (χ1) is 11.3. The molecule has 3 aromatic rings. The summed E-state index contributed by atoms with van der Waals surface area (Å²) in [5, 5.41) is 6.54. The van der Waals surface area contributed by atoms with Crippen LogP contribution >= 0.6 is 22.6 Å². The van der Waals surface area contributed by atoms with Crippen molar-refractivity contribution in [3.8, 4) is 11.3 Å². The van der Waals surface area contributed by atoms with Crippen molar-refractivity contribution in [2.45, 2.75) is 6.92 Å². The van der Waals surface area contributed by atoms with E-state index in [4.69, 9.17) is 0 Å². The summed E-state index contributed by atoms with van der Waals surface area (Å²) in [5.74, 6) is 1.35. The Morgan fingerprint density at radius 3 is 2.70 bits per heavy atom. The number of nitrogens with one attached hydrogen (secondary N) is 2. The summed E-state index contributed by atoms with van der Waals surface area (Å²) in [4.78, 5) is 13.2. The van der Waals surface area contributed by atoms with Gasteiger partial charge < -0.3 is 10.6 Å². The van der Waals surface area contributed by atoms with Crippen LogP contribution in [0.25, 0.3) is 11.3 Å². The topological polar surface area (TPSA) is 62.7 Å². The second kappa shape index (κ2) is 7.36. The molecule has 0 aliphatic rings. The van der Waals surface area contributed by atoms with Gasteiger partial charge in [0, 0.05) is 34.1 Å². The van der Waals surface area contributed by atoms with E-state index in [0.717, 1.165) is 32.9 Å². The van der Waals surface area contributed by atoms with Crippen LogP contribution in [-0.2, 0) is 0 Å². The molecule has 3 rings (SSSR count). The van der Waals surface area contributed by atoms with Gasteiger partial charge in [0.15, 0.2) is 0 Å². The molecule has 0 spiro atoms. The SMILES string of the molecule is CCNc1nc(Nc2ccccc2I)cc(-c2cccnc2)n1. The van der Waals surface area contributed by atoms with E-state index in [-0.39, 0.29) is 0 Å². The summed E-state index contributed by atoms with van der Waals surface area (Å²) in [6.45, 7) is 2.78. The average molecular weight is 417 g/mol. The molecule has 0 saturated carbocycles. The molecular weight excluding hydrogens is 401 g/mol. The fraction of sp³-hybridized carbons (Fsp3) is 0.118. The first-order valence-corrected chi connectivity index (χ1v) is 8.39. The Labute approximate surface area is 148 Å². The summed E-state index contributed by atoms with van der Waals surface area (Å²) >= 11 is 2.30. The van der Waals surface area contributed by atoms with Gasteiger partial charge in [0.05, 0.1) is 11.4 Å². The highest BCUT2D eigenvalue weighted by Crippen LogP contribution is 2.25. The Hall–Kier alpha value is -2.22. The maximum atomic E-state index is 4.55. The molecule has 23 heavy (non-hydrogen) atoms. The number of para-hydroxylation sites is 1. The van der Waals surface area contributed by atoms with Gasteiger partial charge in [-0.05, 0) is 53.8 Å². The van der Waals surface area contributed by atoms with Crippen molar-refractivity contribution in [3.05, 3.63) is 58.4 Å². The van der Waals surface area contributed by atoms with Gasteiger partial charge in [0.1, 0.15) is 5.82 Å². The lowest BCUT2D eigenvalue weighted by molar-refractivity contribution is 1.09. The van der Waals surface area contributed by atoms with Gasteiger partial charge in [-0.25, -0.2) is 4.98 Å². The molecule has 116 valence electrons. The third-order valence-corrected chi connectivity index (χ3v) is 4.10. The van der Waals surface area contributed by atoms with Crippen LogP contribution in [0.15, 0.2) is 54.9 Å². The summed E-state index contributed by atoms with van der Waals surface area (Å²) in [7, 11) is 0. The average Bonchev–Trinajstić information content (AvgIpc) is 2.58. The quantitative estimate of drug-likeness (QED) is 0.606. The Kier molecular flexibility index (Phi) is 5.02.